The van der Waals surface area contributed by atoms with Gasteiger partial charge in [0.25, 0.3) is 0 Å². The molecular formula is C14H26N4O. The third-order valence-electron chi connectivity index (χ3n) is 3.85. The first-order chi connectivity index (χ1) is 8.90. The number of rotatable bonds is 3. The molecule has 19 heavy (non-hydrogen) atoms. The Morgan fingerprint density at radius 1 is 1.42 bits per heavy atom. The van der Waals surface area contributed by atoms with Gasteiger partial charge in [-0.1, -0.05) is 20.8 Å². The Morgan fingerprint density at radius 2 is 2.16 bits per heavy atom. The molecule has 1 aromatic rings. The van der Waals surface area contributed by atoms with Crippen molar-refractivity contribution in [2.75, 3.05) is 13.7 Å². The number of piperidine rings is 1. The monoisotopic (exact) mass is 266 g/mol. The molecule has 5 heteroatoms. The highest BCUT2D eigenvalue weighted by atomic mass is 16.5. The van der Waals surface area contributed by atoms with Gasteiger partial charge < -0.3 is 4.74 Å². The number of aromatic amines is 1. The molecule has 5 nitrogen and oxygen atoms in total. The van der Waals surface area contributed by atoms with Crippen LogP contribution in [0.5, 0.6) is 0 Å². The lowest BCUT2D eigenvalue weighted by Gasteiger charge is -2.36. The molecule has 0 amide bonds. The fraction of sp³-hybridized carbons (Fsp3) is 0.857. The van der Waals surface area contributed by atoms with Crippen LogP contribution in [-0.4, -0.2) is 45.9 Å². The van der Waals surface area contributed by atoms with Gasteiger partial charge in [0.2, 0.25) is 0 Å². The summed E-state index contributed by atoms with van der Waals surface area (Å²) in [6.07, 6.45) is 2.60. The molecule has 1 N–H and O–H groups in total. The normalized spacial score (nSPS) is 25.7. The van der Waals surface area contributed by atoms with Crippen LogP contribution in [0.2, 0.25) is 0 Å². The molecule has 1 aromatic heterocycles. The number of nitrogens with one attached hydrogen (secondary N) is 1. The average Bonchev–Trinajstić information content (AvgIpc) is 2.80. The van der Waals surface area contributed by atoms with E-state index in [2.05, 4.69) is 47.8 Å². The molecule has 2 heterocycles. The van der Waals surface area contributed by atoms with Crippen molar-refractivity contribution in [1.82, 2.24) is 20.1 Å². The maximum absolute atomic E-state index is 5.45. The summed E-state index contributed by atoms with van der Waals surface area (Å²) in [6, 6.07) is 0.530. The van der Waals surface area contributed by atoms with E-state index in [1.807, 2.05) is 0 Å². The highest BCUT2D eigenvalue weighted by molar-refractivity contribution is 5.02. The van der Waals surface area contributed by atoms with Gasteiger partial charge in [0.05, 0.1) is 12.6 Å². The zero-order valence-corrected chi connectivity index (χ0v) is 12.7. The SMILES string of the molecule is COC1CCN(Cc2nc(C(C)(C)C)n[nH]2)C(C)C1. The van der Waals surface area contributed by atoms with Crippen LogP contribution in [0.1, 0.15) is 52.2 Å². The smallest absolute Gasteiger partial charge is 0.156 e. The van der Waals surface area contributed by atoms with Crippen molar-refractivity contribution in [1.29, 1.82) is 0 Å². The molecule has 0 spiro atoms. The topological polar surface area (TPSA) is 54.0 Å². The van der Waals surface area contributed by atoms with Crippen molar-refractivity contribution >= 4 is 0 Å². The van der Waals surface area contributed by atoms with Gasteiger partial charge in [-0.05, 0) is 19.8 Å². The summed E-state index contributed by atoms with van der Waals surface area (Å²) in [6.45, 7) is 10.6. The molecule has 2 atom stereocenters. The van der Waals surface area contributed by atoms with E-state index in [0.717, 1.165) is 37.6 Å². The van der Waals surface area contributed by atoms with E-state index in [9.17, 15) is 0 Å². The molecule has 0 aliphatic carbocycles. The number of H-pyrrole nitrogens is 1. The third kappa shape index (κ3) is 3.54. The van der Waals surface area contributed by atoms with Crippen LogP contribution in [0.15, 0.2) is 0 Å². The van der Waals surface area contributed by atoms with Gasteiger partial charge in [-0.2, -0.15) is 5.10 Å². The van der Waals surface area contributed by atoms with Crippen molar-refractivity contribution < 1.29 is 4.74 Å². The number of nitrogens with zero attached hydrogens (tertiary/aromatic N) is 3. The Balaban J connectivity index is 1.96. The lowest BCUT2D eigenvalue weighted by atomic mass is 9.96. The Bertz CT molecular complexity index is 410. The number of likely N-dealkylation sites (tertiary alicyclic amines) is 1. The fourth-order valence-corrected chi connectivity index (χ4v) is 2.52. The first-order valence-electron chi connectivity index (χ1n) is 7.08. The molecule has 0 saturated carbocycles. The molecule has 108 valence electrons. The minimum atomic E-state index is 0.00338. The highest BCUT2D eigenvalue weighted by Gasteiger charge is 2.26. The van der Waals surface area contributed by atoms with Crippen molar-refractivity contribution in [3.63, 3.8) is 0 Å². The summed E-state index contributed by atoms with van der Waals surface area (Å²) in [5.74, 6) is 1.86. The molecule has 0 radical (unpaired) electrons. The summed E-state index contributed by atoms with van der Waals surface area (Å²) in [5, 5.41) is 7.39. The zero-order valence-electron chi connectivity index (χ0n) is 12.7. The third-order valence-corrected chi connectivity index (χ3v) is 3.85. The second kappa shape index (κ2) is 5.59. The van der Waals surface area contributed by atoms with Crippen LogP contribution < -0.4 is 0 Å². The van der Waals surface area contributed by atoms with Crippen LogP contribution in [0.3, 0.4) is 0 Å². The van der Waals surface area contributed by atoms with E-state index < -0.39 is 0 Å². The maximum Gasteiger partial charge on any atom is 0.156 e. The Labute approximate surface area is 115 Å². The van der Waals surface area contributed by atoms with Crippen LogP contribution in [0.4, 0.5) is 0 Å². The number of ether oxygens (including phenoxy) is 1. The minimum absolute atomic E-state index is 0.00338. The van der Waals surface area contributed by atoms with Gasteiger partial charge in [0, 0.05) is 25.1 Å². The summed E-state index contributed by atoms with van der Waals surface area (Å²) >= 11 is 0. The molecule has 2 rings (SSSR count). The van der Waals surface area contributed by atoms with Gasteiger partial charge >= 0.3 is 0 Å². The predicted molar refractivity (Wildman–Crippen MR) is 75.0 cm³/mol. The molecular weight excluding hydrogens is 240 g/mol. The van der Waals surface area contributed by atoms with Crippen molar-refractivity contribution in [3.05, 3.63) is 11.6 Å². The van der Waals surface area contributed by atoms with E-state index in [0.29, 0.717) is 12.1 Å². The quantitative estimate of drug-likeness (QED) is 0.910. The number of aromatic nitrogens is 3. The molecule has 1 saturated heterocycles. The fourth-order valence-electron chi connectivity index (χ4n) is 2.52. The zero-order chi connectivity index (χ0) is 14.0. The Morgan fingerprint density at radius 3 is 2.68 bits per heavy atom. The highest BCUT2D eigenvalue weighted by Crippen LogP contribution is 2.22. The van der Waals surface area contributed by atoms with Gasteiger partial charge in [0.15, 0.2) is 5.82 Å². The molecule has 0 aromatic carbocycles. The predicted octanol–water partition coefficient (Wildman–Crippen LogP) is 2.10. The molecule has 1 aliphatic rings. The van der Waals surface area contributed by atoms with E-state index in [1.54, 1.807) is 7.11 Å². The average molecular weight is 266 g/mol. The first-order valence-corrected chi connectivity index (χ1v) is 7.08. The van der Waals surface area contributed by atoms with E-state index in [-0.39, 0.29) is 5.41 Å². The molecule has 2 unspecified atom stereocenters. The Hall–Kier alpha value is -0.940. The maximum atomic E-state index is 5.45. The lowest BCUT2D eigenvalue weighted by Crippen LogP contribution is -2.42. The van der Waals surface area contributed by atoms with E-state index in [1.165, 1.54) is 0 Å². The van der Waals surface area contributed by atoms with Gasteiger partial charge in [-0.15, -0.1) is 0 Å². The second-order valence-electron chi connectivity index (χ2n) is 6.56. The second-order valence-corrected chi connectivity index (χ2v) is 6.56. The summed E-state index contributed by atoms with van der Waals surface area (Å²) < 4.78 is 5.45. The van der Waals surface area contributed by atoms with Gasteiger partial charge in [0.1, 0.15) is 5.82 Å². The summed E-state index contributed by atoms with van der Waals surface area (Å²) in [5.41, 5.74) is 0.00338. The number of methoxy groups -OCH3 is 1. The molecule has 1 aliphatic heterocycles. The number of hydrogen-bond acceptors (Lipinski definition) is 4. The van der Waals surface area contributed by atoms with Crippen molar-refractivity contribution in [3.8, 4) is 0 Å². The standard InChI is InChI=1S/C14H26N4O/c1-10-8-11(19-5)6-7-18(10)9-12-15-13(17-16-12)14(2,3)4/h10-11H,6-9H2,1-5H3,(H,15,16,17). The van der Waals surface area contributed by atoms with Crippen molar-refractivity contribution in [2.24, 2.45) is 0 Å². The lowest BCUT2D eigenvalue weighted by molar-refractivity contribution is 0.0121. The molecule has 0 bridgehead atoms. The minimum Gasteiger partial charge on any atom is -0.381 e. The van der Waals surface area contributed by atoms with E-state index in [4.69, 9.17) is 4.74 Å². The van der Waals surface area contributed by atoms with Crippen LogP contribution in [0.25, 0.3) is 0 Å². The van der Waals surface area contributed by atoms with Crippen LogP contribution in [-0.2, 0) is 16.7 Å². The summed E-state index contributed by atoms with van der Waals surface area (Å²) in [7, 11) is 1.80. The largest absolute Gasteiger partial charge is 0.381 e. The van der Waals surface area contributed by atoms with Gasteiger partial charge in [-0.25, -0.2) is 4.98 Å². The van der Waals surface area contributed by atoms with Crippen LogP contribution in [0, 0.1) is 0 Å². The molecule has 1 fully saturated rings. The van der Waals surface area contributed by atoms with E-state index >= 15 is 0 Å². The van der Waals surface area contributed by atoms with Crippen LogP contribution >= 0.6 is 0 Å². The Kier molecular flexibility index (Phi) is 4.26. The van der Waals surface area contributed by atoms with Gasteiger partial charge in [-0.3, -0.25) is 10.00 Å². The number of hydrogen-bond donors (Lipinski definition) is 1. The van der Waals surface area contributed by atoms with Crippen molar-refractivity contribution in [2.45, 2.75) is 64.6 Å². The summed E-state index contributed by atoms with van der Waals surface area (Å²) in [4.78, 5) is 7.06. The first kappa shape index (κ1) is 14.5.